The van der Waals surface area contributed by atoms with Gasteiger partial charge < -0.3 is 24.6 Å². The van der Waals surface area contributed by atoms with Crippen LogP contribution in [0.25, 0.3) is 0 Å². The molecule has 7 nitrogen and oxygen atoms in total. The third-order valence-electron chi connectivity index (χ3n) is 5.64. The Kier molecular flexibility index (Phi) is 8.83. The SMILES string of the molecule is COCCOC(CN1C(C)=C(C(=O)O)C(c2c(F)cccc2Cl)C(C(=O)O)=C1C)C(C)C. The number of aliphatic carboxylic acids is 2. The van der Waals surface area contributed by atoms with Gasteiger partial charge in [0.15, 0.2) is 0 Å². The molecule has 1 unspecified atom stereocenters. The molecule has 176 valence electrons. The summed E-state index contributed by atoms with van der Waals surface area (Å²) in [5, 5.41) is 20.0. The highest BCUT2D eigenvalue weighted by Gasteiger charge is 2.42. The van der Waals surface area contributed by atoms with Gasteiger partial charge in [-0.1, -0.05) is 31.5 Å². The lowest BCUT2D eigenvalue weighted by Gasteiger charge is -2.39. The fourth-order valence-corrected chi connectivity index (χ4v) is 4.20. The zero-order valence-electron chi connectivity index (χ0n) is 18.8. The molecule has 0 radical (unpaired) electrons. The molecular weight excluding hydrogens is 441 g/mol. The molecule has 0 aromatic heterocycles. The van der Waals surface area contributed by atoms with Crippen LogP contribution < -0.4 is 0 Å². The van der Waals surface area contributed by atoms with Gasteiger partial charge in [0, 0.05) is 35.6 Å². The molecule has 0 bridgehead atoms. The normalized spacial score (nSPS) is 16.2. The number of rotatable bonds is 10. The van der Waals surface area contributed by atoms with Crippen molar-refractivity contribution < 1.29 is 33.7 Å². The summed E-state index contributed by atoms with van der Waals surface area (Å²) in [5.41, 5.74) is -0.0199. The van der Waals surface area contributed by atoms with E-state index in [0.717, 1.165) is 6.07 Å². The fraction of sp³-hybridized carbons (Fsp3) is 0.478. The third kappa shape index (κ3) is 5.31. The molecule has 0 amide bonds. The molecule has 1 atom stereocenters. The second-order valence-electron chi connectivity index (χ2n) is 7.93. The van der Waals surface area contributed by atoms with E-state index in [0.29, 0.717) is 24.6 Å². The van der Waals surface area contributed by atoms with Gasteiger partial charge in [0.2, 0.25) is 0 Å². The van der Waals surface area contributed by atoms with Gasteiger partial charge in [0.05, 0.1) is 36.4 Å². The van der Waals surface area contributed by atoms with Crippen LogP contribution >= 0.6 is 11.6 Å². The smallest absolute Gasteiger partial charge is 0.334 e. The van der Waals surface area contributed by atoms with Crippen molar-refractivity contribution in [2.24, 2.45) is 5.92 Å². The number of carbonyl (C=O) groups is 2. The molecule has 0 saturated heterocycles. The van der Waals surface area contributed by atoms with E-state index in [4.69, 9.17) is 21.1 Å². The topological polar surface area (TPSA) is 96.3 Å². The van der Waals surface area contributed by atoms with Crippen molar-refractivity contribution in [1.82, 2.24) is 4.90 Å². The Morgan fingerprint density at radius 1 is 1.12 bits per heavy atom. The summed E-state index contributed by atoms with van der Waals surface area (Å²) in [6.07, 6.45) is -0.325. The Bertz CT molecular complexity index is 884. The first-order chi connectivity index (χ1) is 15.0. The van der Waals surface area contributed by atoms with Crippen LogP contribution in [0.5, 0.6) is 0 Å². The summed E-state index contributed by atoms with van der Waals surface area (Å²) in [5.74, 6) is -4.75. The summed E-state index contributed by atoms with van der Waals surface area (Å²) in [7, 11) is 1.56. The van der Waals surface area contributed by atoms with Gasteiger partial charge in [-0.25, -0.2) is 14.0 Å². The summed E-state index contributed by atoms with van der Waals surface area (Å²) in [6, 6.07) is 3.93. The van der Waals surface area contributed by atoms with Crippen LogP contribution in [0.15, 0.2) is 40.7 Å². The molecule has 1 heterocycles. The molecule has 32 heavy (non-hydrogen) atoms. The van der Waals surface area contributed by atoms with E-state index >= 15 is 0 Å². The lowest BCUT2D eigenvalue weighted by molar-refractivity contribution is -0.133. The van der Waals surface area contributed by atoms with Crippen LogP contribution in [0.4, 0.5) is 4.39 Å². The molecule has 2 rings (SSSR count). The summed E-state index contributed by atoms with van der Waals surface area (Å²) in [4.78, 5) is 26.2. The Hall–Kier alpha value is -2.42. The lowest BCUT2D eigenvalue weighted by atomic mass is 9.79. The molecule has 9 heteroatoms. The minimum Gasteiger partial charge on any atom is -0.478 e. The molecule has 0 saturated carbocycles. The average molecular weight is 470 g/mol. The number of nitrogens with zero attached hydrogens (tertiary/aromatic N) is 1. The van der Waals surface area contributed by atoms with Gasteiger partial charge in [-0.2, -0.15) is 0 Å². The number of benzene rings is 1. The maximum absolute atomic E-state index is 14.8. The number of halogens is 2. The predicted molar refractivity (Wildman–Crippen MR) is 118 cm³/mol. The molecule has 0 fully saturated rings. The van der Waals surface area contributed by atoms with Gasteiger partial charge in [-0.3, -0.25) is 0 Å². The average Bonchev–Trinajstić information content (AvgIpc) is 2.68. The van der Waals surface area contributed by atoms with E-state index in [2.05, 4.69) is 0 Å². The summed E-state index contributed by atoms with van der Waals surface area (Å²) in [6.45, 7) is 8.03. The van der Waals surface area contributed by atoms with Crippen molar-refractivity contribution in [3.05, 3.63) is 57.1 Å². The minimum absolute atomic E-state index is 0.0375. The van der Waals surface area contributed by atoms with Crippen molar-refractivity contribution in [2.45, 2.75) is 39.7 Å². The molecule has 1 aliphatic heterocycles. The highest BCUT2D eigenvalue weighted by Crippen LogP contribution is 2.45. The standard InChI is InChI=1S/C23H29ClFNO6/c1-12(2)17(32-10-9-31-5)11-26-13(3)18(22(27)28)21(19(14(26)4)23(29)30)20-15(24)7-6-8-16(20)25/h6-8,12,17,21H,9-11H2,1-5H3,(H,27,28)(H,29,30). The maximum Gasteiger partial charge on any atom is 0.334 e. The van der Waals surface area contributed by atoms with E-state index in [9.17, 15) is 24.2 Å². The first-order valence-electron chi connectivity index (χ1n) is 10.2. The number of hydrogen-bond acceptors (Lipinski definition) is 5. The van der Waals surface area contributed by atoms with Crippen molar-refractivity contribution in [1.29, 1.82) is 0 Å². The van der Waals surface area contributed by atoms with E-state index in [1.807, 2.05) is 13.8 Å². The molecule has 1 aromatic rings. The van der Waals surface area contributed by atoms with Crippen LogP contribution in [0.2, 0.25) is 5.02 Å². The van der Waals surface area contributed by atoms with Crippen molar-refractivity contribution in [3.8, 4) is 0 Å². The first kappa shape index (κ1) is 25.8. The van der Waals surface area contributed by atoms with Crippen LogP contribution in [0.1, 0.15) is 39.2 Å². The second kappa shape index (κ2) is 10.9. The molecule has 1 aromatic carbocycles. The van der Waals surface area contributed by atoms with Gasteiger partial charge in [0.1, 0.15) is 5.82 Å². The Balaban J connectivity index is 2.66. The molecule has 0 aliphatic carbocycles. The van der Waals surface area contributed by atoms with E-state index in [-0.39, 0.29) is 40.3 Å². The highest BCUT2D eigenvalue weighted by atomic mass is 35.5. The third-order valence-corrected chi connectivity index (χ3v) is 5.97. The van der Waals surface area contributed by atoms with Crippen molar-refractivity contribution >= 4 is 23.5 Å². The number of methoxy groups -OCH3 is 1. The molecule has 1 aliphatic rings. The van der Waals surface area contributed by atoms with Crippen LogP contribution in [0.3, 0.4) is 0 Å². The van der Waals surface area contributed by atoms with Gasteiger partial charge in [0.25, 0.3) is 0 Å². The quantitative estimate of drug-likeness (QED) is 0.493. The molecular formula is C23H29ClFNO6. The van der Waals surface area contributed by atoms with Gasteiger partial charge in [-0.15, -0.1) is 0 Å². The highest BCUT2D eigenvalue weighted by molar-refractivity contribution is 6.31. The lowest BCUT2D eigenvalue weighted by Crippen LogP contribution is -2.41. The number of carboxylic acid groups (broad SMARTS) is 2. The predicted octanol–water partition coefficient (Wildman–Crippen LogP) is 4.28. The van der Waals surface area contributed by atoms with Gasteiger partial charge >= 0.3 is 11.9 Å². The second-order valence-corrected chi connectivity index (χ2v) is 8.34. The fourth-order valence-electron chi connectivity index (χ4n) is 3.93. The zero-order valence-corrected chi connectivity index (χ0v) is 19.6. The molecule has 0 spiro atoms. The van der Waals surface area contributed by atoms with Crippen LogP contribution in [-0.2, 0) is 19.1 Å². The van der Waals surface area contributed by atoms with Crippen LogP contribution in [-0.4, -0.2) is 60.0 Å². The number of carboxylic acids is 2. The Labute approximate surface area is 192 Å². The van der Waals surface area contributed by atoms with E-state index < -0.39 is 23.7 Å². The zero-order chi connectivity index (χ0) is 24.2. The number of hydrogen-bond donors (Lipinski definition) is 2. The largest absolute Gasteiger partial charge is 0.478 e. The van der Waals surface area contributed by atoms with Crippen molar-refractivity contribution in [3.63, 3.8) is 0 Å². The summed E-state index contributed by atoms with van der Waals surface area (Å²) >= 11 is 6.21. The maximum atomic E-state index is 14.8. The summed E-state index contributed by atoms with van der Waals surface area (Å²) < 4.78 is 25.7. The van der Waals surface area contributed by atoms with Gasteiger partial charge in [-0.05, 0) is 31.9 Å². The Morgan fingerprint density at radius 3 is 2.12 bits per heavy atom. The number of ether oxygens (including phenoxy) is 2. The van der Waals surface area contributed by atoms with E-state index in [1.165, 1.54) is 12.1 Å². The monoisotopic (exact) mass is 469 g/mol. The first-order valence-corrected chi connectivity index (χ1v) is 10.6. The number of allylic oxidation sites excluding steroid dienone is 2. The minimum atomic E-state index is -1.36. The Morgan fingerprint density at radius 2 is 1.69 bits per heavy atom. The van der Waals surface area contributed by atoms with Crippen molar-refractivity contribution in [2.75, 3.05) is 26.9 Å². The van der Waals surface area contributed by atoms with E-state index in [1.54, 1.807) is 25.9 Å². The van der Waals surface area contributed by atoms with Crippen LogP contribution in [0, 0.1) is 11.7 Å². The molecule has 2 N–H and O–H groups in total.